The molecule has 0 heterocycles. The average molecular weight is 1270 g/mol. The topological polar surface area (TPSA) is 207 Å². The maximum absolute atomic E-state index is 13.3. The molecule has 0 fully saturated rings. The monoisotopic (exact) mass is 1270 g/mol. The van der Waals surface area contributed by atoms with E-state index in [1.54, 1.807) is 13.8 Å². The van der Waals surface area contributed by atoms with Crippen molar-refractivity contribution in [1.29, 1.82) is 0 Å². The van der Waals surface area contributed by atoms with Crippen LogP contribution in [0.2, 0.25) is 0 Å². The summed E-state index contributed by atoms with van der Waals surface area (Å²) in [6.07, 6.45) is 14.2. The molecule has 514 valence electrons. The molecule has 0 aliphatic heterocycles. The van der Waals surface area contributed by atoms with E-state index in [0.29, 0.717) is 70.4 Å². The number of rotatable bonds is 43. The zero-order valence-electron chi connectivity index (χ0n) is 58.8. The summed E-state index contributed by atoms with van der Waals surface area (Å²) in [7, 11) is 7.79. The molecule has 3 atom stereocenters. The number of nitrogens with zero attached hydrogens (tertiary/aromatic N) is 2. The number of esters is 6. The van der Waals surface area contributed by atoms with Crippen LogP contribution in [-0.4, -0.2) is 164 Å². The molecular formula is C72H122N4O14. The van der Waals surface area contributed by atoms with Gasteiger partial charge in [0.1, 0.15) is 64.4 Å². The Morgan fingerprint density at radius 2 is 0.867 bits per heavy atom. The number of benzene rings is 2. The summed E-state index contributed by atoms with van der Waals surface area (Å²) >= 11 is 0. The van der Waals surface area contributed by atoms with Crippen molar-refractivity contribution in [2.75, 3.05) is 107 Å². The zero-order chi connectivity index (χ0) is 68.4. The number of likely N-dealkylation sites (N-methyl/N-ethyl adjacent to an activating group) is 2. The predicted molar refractivity (Wildman–Crippen MR) is 362 cm³/mol. The molecule has 2 N–H and O–H groups in total. The van der Waals surface area contributed by atoms with Crippen molar-refractivity contribution >= 4 is 35.8 Å². The number of unbranched alkanes of at least 4 members (excludes halogenated alkanes) is 5. The first-order valence-electron chi connectivity index (χ1n) is 32.5. The fourth-order valence-electron chi connectivity index (χ4n) is 8.51. The minimum Gasteiger partial charge on any atom is -0.490 e. The Morgan fingerprint density at radius 3 is 1.27 bits per heavy atom. The summed E-state index contributed by atoms with van der Waals surface area (Å²) in [5.74, 6) is -0.118. The SMILES string of the molecule is C=C(C)C(=O)OCCN(C)C.C=C(C)C(=O)OCCNC(C)(C)C.C=CC(=O)OCCOc1ccccc1.CCCCC(C)(CCCCCC(CCCCCC(C)(CCC)C(=O)OCCN(C)C)C(=O)OCCOc1ccccc1)C(=O)OCCNC(C)(C)C. The Hall–Kier alpha value is -6.08. The van der Waals surface area contributed by atoms with E-state index in [-0.39, 0.29) is 60.1 Å². The second-order valence-corrected chi connectivity index (χ2v) is 25.8. The summed E-state index contributed by atoms with van der Waals surface area (Å²) in [6.45, 7) is 39.8. The summed E-state index contributed by atoms with van der Waals surface area (Å²) < 4.78 is 42.6. The van der Waals surface area contributed by atoms with Crippen molar-refractivity contribution in [2.45, 2.75) is 190 Å². The van der Waals surface area contributed by atoms with Gasteiger partial charge in [0.05, 0.1) is 16.7 Å². The standard InChI is InChI=1S/C43H76N2O7.C11H12O3.C10H19NO2.C8H15NO2/c1-10-12-27-43(7,40(48)51-32-30-44-41(3,4)5)29-21-15-17-23-36(38(46)50-35-34-49-37-24-18-13-19-25-37)22-16-14-20-28-42(6,26-11-2)39(47)52-33-31-45(8)9;1-2-11(12)14-9-8-13-10-6-4-3-5-7-10;1-8(2)9(12)13-7-6-11-10(3,4)5;1-7(2)8(10)11-6-5-9(3)4/h13,18-19,24-25,36,44H,10-12,14-17,20-23,26-35H2,1-9H3;2-7H,1,8-9H2;11H,1,6-7H2,2-5H3;1,5-6H2,2-4H3. The Morgan fingerprint density at radius 1 is 0.478 bits per heavy atom. The lowest BCUT2D eigenvalue weighted by Crippen LogP contribution is -2.39. The van der Waals surface area contributed by atoms with Crippen LogP contribution in [0.25, 0.3) is 0 Å². The van der Waals surface area contributed by atoms with E-state index in [1.165, 1.54) is 0 Å². The van der Waals surface area contributed by atoms with Crippen LogP contribution in [0.15, 0.2) is 97.6 Å². The molecule has 90 heavy (non-hydrogen) atoms. The van der Waals surface area contributed by atoms with Crippen molar-refractivity contribution < 1.29 is 66.7 Å². The van der Waals surface area contributed by atoms with E-state index < -0.39 is 16.8 Å². The van der Waals surface area contributed by atoms with Gasteiger partial charge in [0.2, 0.25) is 0 Å². The lowest BCUT2D eigenvalue weighted by Gasteiger charge is -2.28. The third-order valence-electron chi connectivity index (χ3n) is 13.8. The molecule has 0 amide bonds. The number of ether oxygens (including phenoxy) is 8. The van der Waals surface area contributed by atoms with E-state index >= 15 is 0 Å². The summed E-state index contributed by atoms with van der Waals surface area (Å²) in [4.78, 5) is 75.8. The van der Waals surface area contributed by atoms with Gasteiger partial charge in [0.25, 0.3) is 0 Å². The second-order valence-electron chi connectivity index (χ2n) is 25.8. The zero-order valence-corrected chi connectivity index (χ0v) is 58.8. The first kappa shape index (κ1) is 86.0. The van der Waals surface area contributed by atoms with E-state index in [1.807, 2.05) is 106 Å². The number of carbonyl (C=O) groups excluding carboxylic acids is 6. The van der Waals surface area contributed by atoms with Crippen molar-refractivity contribution in [2.24, 2.45) is 16.7 Å². The molecule has 2 aromatic rings. The first-order chi connectivity index (χ1) is 42.3. The van der Waals surface area contributed by atoms with Gasteiger partial charge in [0, 0.05) is 54.5 Å². The van der Waals surface area contributed by atoms with E-state index in [0.717, 1.165) is 120 Å². The smallest absolute Gasteiger partial charge is 0.333 e. The van der Waals surface area contributed by atoms with Crippen LogP contribution in [0.4, 0.5) is 0 Å². The minimum absolute atomic E-state index is 0.0183. The van der Waals surface area contributed by atoms with Crippen molar-refractivity contribution in [1.82, 2.24) is 20.4 Å². The first-order valence-corrected chi connectivity index (χ1v) is 32.5. The molecule has 2 rings (SSSR count). The van der Waals surface area contributed by atoms with Crippen LogP contribution in [-0.2, 0) is 57.2 Å². The summed E-state index contributed by atoms with van der Waals surface area (Å²) in [6, 6.07) is 18.9. The van der Waals surface area contributed by atoms with Crippen LogP contribution in [0.5, 0.6) is 11.5 Å². The summed E-state index contributed by atoms with van der Waals surface area (Å²) in [5.41, 5.74) is -0.0515. The molecule has 0 aromatic heterocycles. The minimum atomic E-state index is -0.500. The normalized spacial score (nSPS) is 12.7. The van der Waals surface area contributed by atoms with Gasteiger partial charge in [-0.2, -0.15) is 0 Å². The van der Waals surface area contributed by atoms with Crippen molar-refractivity contribution in [3.8, 4) is 11.5 Å². The molecule has 0 spiro atoms. The van der Waals surface area contributed by atoms with Crippen LogP contribution >= 0.6 is 0 Å². The highest BCUT2D eigenvalue weighted by Crippen LogP contribution is 2.34. The Kier molecular flexibility index (Phi) is 48.3. The highest BCUT2D eigenvalue weighted by Gasteiger charge is 2.35. The number of hydrogen-bond acceptors (Lipinski definition) is 18. The highest BCUT2D eigenvalue weighted by molar-refractivity contribution is 5.87. The van der Waals surface area contributed by atoms with Gasteiger partial charge in [-0.15, -0.1) is 0 Å². The fraction of sp³-hybridized carbons (Fsp3) is 0.667. The van der Waals surface area contributed by atoms with E-state index in [2.05, 4.69) is 92.7 Å². The molecule has 2 aromatic carbocycles. The van der Waals surface area contributed by atoms with Gasteiger partial charge in [0.15, 0.2) is 0 Å². The maximum atomic E-state index is 13.3. The number of hydrogen-bond donors (Lipinski definition) is 2. The Labute approximate surface area is 544 Å². The molecule has 3 unspecified atom stereocenters. The van der Waals surface area contributed by atoms with Gasteiger partial charge in [-0.3, -0.25) is 14.4 Å². The molecule has 0 aliphatic rings. The van der Waals surface area contributed by atoms with E-state index in [4.69, 9.17) is 37.9 Å². The molecular weight excluding hydrogens is 1140 g/mol. The van der Waals surface area contributed by atoms with Crippen molar-refractivity contribution in [3.05, 3.63) is 97.6 Å². The van der Waals surface area contributed by atoms with Crippen LogP contribution in [0.1, 0.15) is 179 Å². The fourth-order valence-corrected chi connectivity index (χ4v) is 8.51. The van der Waals surface area contributed by atoms with Gasteiger partial charge in [-0.05, 0) is 160 Å². The number of carbonyl (C=O) groups is 6. The third kappa shape index (κ3) is 48.7. The Balaban J connectivity index is 0. The molecule has 18 heteroatoms. The summed E-state index contributed by atoms with van der Waals surface area (Å²) in [5, 5.41) is 6.59. The quantitative estimate of drug-likeness (QED) is 0.0274. The second kappa shape index (κ2) is 50.6. The van der Waals surface area contributed by atoms with Crippen LogP contribution < -0.4 is 20.1 Å². The predicted octanol–water partition coefficient (Wildman–Crippen LogP) is 13.1. The largest absolute Gasteiger partial charge is 0.490 e. The molecule has 0 radical (unpaired) electrons. The Bertz CT molecular complexity index is 2280. The van der Waals surface area contributed by atoms with Crippen LogP contribution in [0.3, 0.4) is 0 Å². The van der Waals surface area contributed by atoms with Crippen LogP contribution in [0, 0.1) is 16.7 Å². The molecule has 0 bridgehead atoms. The third-order valence-corrected chi connectivity index (χ3v) is 13.8. The number of nitrogens with one attached hydrogen (secondary N) is 2. The number of para-hydroxylation sites is 2. The molecule has 18 nitrogen and oxygen atoms in total. The average Bonchev–Trinajstić information content (AvgIpc) is 1.51. The molecule has 0 aliphatic carbocycles. The van der Waals surface area contributed by atoms with Gasteiger partial charge < -0.3 is 58.3 Å². The lowest BCUT2D eigenvalue weighted by molar-refractivity contribution is -0.157. The molecule has 0 saturated heterocycles. The maximum Gasteiger partial charge on any atom is 0.333 e. The lowest BCUT2D eigenvalue weighted by atomic mass is 9.79. The highest BCUT2D eigenvalue weighted by atomic mass is 16.6. The van der Waals surface area contributed by atoms with Gasteiger partial charge in [-0.1, -0.05) is 128 Å². The van der Waals surface area contributed by atoms with E-state index in [9.17, 15) is 28.8 Å². The van der Waals surface area contributed by atoms with Gasteiger partial charge in [-0.25, -0.2) is 14.4 Å². The molecule has 0 saturated carbocycles. The van der Waals surface area contributed by atoms with Gasteiger partial charge >= 0.3 is 35.8 Å². The van der Waals surface area contributed by atoms with Crippen molar-refractivity contribution in [3.63, 3.8) is 0 Å².